The van der Waals surface area contributed by atoms with Crippen LogP contribution >= 0.6 is 0 Å². The number of aryl methyl sites for hydroxylation is 1. The number of halogens is 1. The summed E-state index contributed by atoms with van der Waals surface area (Å²) in [5.74, 6) is -0.279. The zero-order valence-electron chi connectivity index (χ0n) is 8.44. The van der Waals surface area contributed by atoms with Crippen molar-refractivity contribution >= 4 is 10.9 Å². The number of nitrogens with zero attached hydrogens (tertiary/aromatic N) is 1. The van der Waals surface area contributed by atoms with Gasteiger partial charge in [0, 0.05) is 24.7 Å². The number of aliphatic hydroxyl groups is 1. The number of rotatable bonds is 2. The van der Waals surface area contributed by atoms with Gasteiger partial charge in [0.2, 0.25) is 0 Å². The van der Waals surface area contributed by atoms with Gasteiger partial charge in [-0.3, -0.25) is 0 Å². The fourth-order valence-corrected chi connectivity index (χ4v) is 1.79. The molecule has 80 valence electrons. The SMILES string of the molecule is Cn1c(C(O)CN)cc2c(F)cccc21. The molecule has 0 amide bonds. The number of nitrogens with two attached hydrogens (primary N) is 1. The van der Waals surface area contributed by atoms with Gasteiger partial charge in [0.15, 0.2) is 0 Å². The highest BCUT2D eigenvalue weighted by Gasteiger charge is 2.14. The van der Waals surface area contributed by atoms with Gasteiger partial charge < -0.3 is 15.4 Å². The Bertz CT molecular complexity index is 493. The van der Waals surface area contributed by atoms with Crippen LogP contribution in [0.2, 0.25) is 0 Å². The molecular weight excluding hydrogens is 195 g/mol. The molecule has 3 N–H and O–H groups in total. The van der Waals surface area contributed by atoms with Crippen molar-refractivity contribution in [2.24, 2.45) is 12.8 Å². The van der Waals surface area contributed by atoms with Crippen LogP contribution in [-0.4, -0.2) is 16.2 Å². The van der Waals surface area contributed by atoms with Gasteiger partial charge in [0.1, 0.15) is 11.9 Å². The van der Waals surface area contributed by atoms with Crippen molar-refractivity contribution < 1.29 is 9.50 Å². The summed E-state index contributed by atoms with van der Waals surface area (Å²) < 4.78 is 15.2. The largest absolute Gasteiger partial charge is 0.386 e. The highest BCUT2D eigenvalue weighted by molar-refractivity contribution is 5.82. The normalized spacial score (nSPS) is 13.3. The number of hydrogen-bond acceptors (Lipinski definition) is 2. The average molecular weight is 208 g/mol. The molecule has 0 aliphatic carbocycles. The number of benzene rings is 1. The third kappa shape index (κ3) is 1.52. The van der Waals surface area contributed by atoms with Crippen LogP contribution in [0.5, 0.6) is 0 Å². The van der Waals surface area contributed by atoms with Gasteiger partial charge in [-0.1, -0.05) is 6.07 Å². The molecule has 4 heteroatoms. The molecule has 1 aromatic heterocycles. The second-order valence-electron chi connectivity index (χ2n) is 3.55. The fraction of sp³-hybridized carbons (Fsp3) is 0.273. The van der Waals surface area contributed by atoms with Gasteiger partial charge in [0.05, 0.1) is 5.52 Å². The van der Waals surface area contributed by atoms with E-state index in [2.05, 4.69) is 0 Å². The van der Waals surface area contributed by atoms with E-state index in [1.807, 2.05) is 6.07 Å². The zero-order chi connectivity index (χ0) is 11.0. The Hall–Kier alpha value is -1.39. The summed E-state index contributed by atoms with van der Waals surface area (Å²) in [5.41, 5.74) is 6.77. The molecule has 0 aliphatic rings. The Kier molecular flexibility index (Phi) is 2.46. The average Bonchev–Trinajstić information content (AvgIpc) is 2.57. The van der Waals surface area contributed by atoms with E-state index in [0.717, 1.165) is 5.52 Å². The molecule has 3 nitrogen and oxygen atoms in total. The van der Waals surface area contributed by atoms with Crippen molar-refractivity contribution in [2.45, 2.75) is 6.10 Å². The van der Waals surface area contributed by atoms with E-state index in [0.29, 0.717) is 11.1 Å². The molecule has 2 aromatic rings. The number of fused-ring (bicyclic) bond motifs is 1. The van der Waals surface area contributed by atoms with Crippen LogP contribution in [0.25, 0.3) is 10.9 Å². The molecule has 0 aliphatic heterocycles. The molecule has 0 spiro atoms. The molecule has 1 unspecified atom stereocenters. The molecule has 0 fully saturated rings. The second-order valence-corrected chi connectivity index (χ2v) is 3.55. The monoisotopic (exact) mass is 208 g/mol. The molecule has 1 atom stereocenters. The number of aliphatic hydroxyl groups excluding tert-OH is 1. The predicted octanol–water partition coefficient (Wildman–Crippen LogP) is 1.31. The van der Waals surface area contributed by atoms with Crippen LogP contribution in [-0.2, 0) is 7.05 Å². The highest BCUT2D eigenvalue weighted by atomic mass is 19.1. The van der Waals surface area contributed by atoms with Crippen LogP contribution in [0.4, 0.5) is 4.39 Å². The van der Waals surface area contributed by atoms with E-state index in [4.69, 9.17) is 5.73 Å². The maximum Gasteiger partial charge on any atom is 0.132 e. The standard InChI is InChI=1S/C11H13FN2O/c1-14-9-4-2-3-8(12)7(9)5-10(14)11(15)6-13/h2-5,11,15H,6,13H2,1H3. The maximum atomic E-state index is 13.4. The van der Waals surface area contributed by atoms with Crippen LogP contribution in [0.1, 0.15) is 11.8 Å². The maximum absolute atomic E-state index is 13.4. The number of aromatic nitrogens is 1. The highest BCUT2D eigenvalue weighted by Crippen LogP contribution is 2.24. The summed E-state index contributed by atoms with van der Waals surface area (Å²) in [6, 6.07) is 6.50. The van der Waals surface area contributed by atoms with Crippen molar-refractivity contribution in [3.8, 4) is 0 Å². The van der Waals surface area contributed by atoms with Gasteiger partial charge in [-0.15, -0.1) is 0 Å². The first kappa shape index (κ1) is 10.1. The first-order valence-electron chi connectivity index (χ1n) is 4.77. The summed E-state index contributed by atoms with van der Waals surface area (Å²) in [6.07, 6.45) is -0.748. The van der Waals surface area contributed by atoms with Crippen molar-refractivity contribution in [1.29, 1.82) is 0 Å². The van der Waals surface area contributed by atoms with Gasteiger partial charge in [-0.2, -0.15) is 0 Å². The Morgan fingerprint density at radius 1 is 1.53 bits per heavy atom. The Labute approximate surface area is 86.9 Å². The van der Waals surface area contributed by atoms with E-state index >= 15 is 0 Å². The molecule has 1 aromatic carbocycles. The molecule has 1 heterocycles. The third-order valence-electron chi connectivity index (χ3n) is 2.64. The Morgan fingerprint density at radius 3 is 2.87 bits per heavy atom. The minimum atomic E-state index is -0.748. The molecule has 0 saturated carbocycles. The van der Waals surface area contributed by atoms with E-state index in [1.54, 1.807) is 23.7 Å². The summed E-state index contributed by atoms with van der Waals surface area (Å²) in [6.45, 7) is 0.131. The van der Waals surface area contributed by atoms with Crippen LogP contribution < -0.4 is 5.73 Å². The van der Waals surface area contributed by atoms with E-state index in [-0.39, 0.29) is 12.4 Å². The van der Waals surface area contributed by atoms with Crippen LogP contribution in [0, 0.1) is 5.82 Å². The lowest BCUT2D eigenvalue weighted by Crippen LogP contribution is -2.14. The van der Waals surface area contributed by atoms with Crippen LogP contribution in [0.3, 0.4) is 0 Å². The first-order valence-corrected chi connectivity index (χ1v) is 4.77. The van der Waals surface area contributed by atoms with Gasteiger partial charge in [0.25, 0.3) is 0 Å². The second kappa shape index (κ2) is 3.64. The third-order valence-corrected chi connectivity index (χ3v) is 2.64. The summed E-state index contributed by atoms with van der Waals surface area (Å²) in [5, 5.41) is 10.1. The first-order chi connectivity index (χ1) is 7.15. The minimum Gasteiger partial charge on any atom is -0.386 e. The van der Waals surface area contributed by atoms with Crippen molar-refractivity contribution in [2.75, 3.05) is 6.54 Å². The fourth-order valence-electron chi connectivity index (χ4n) is 1.79. The Balaban J connectivity index is 2.69. The van der Waals surface area contributed by atoms with Crippen molar-refractivity contribution in [3.63, 3.8) is 0 Å². The van der Waals surface area contributed by atoms with E-state index in [9.17, 15) is 9.50 Å². The Morgan fingerprint density at radius 2 is 2.27 bits per heavy atom. The minimum absolute atomic E-state index is 0.131. The molecule has 0 saturated heterocycles. The quantitative estimate of drug-likeness (QED) is 0.781. The predicted molar refractivity (Wildman–Crippen MR) is 56.9 cm³/mol. The molecule has 15 heavy (non-hydrogen) atoms. The van der Waals surface area contributed by atoms with Crippen LogP contribution in [0.15, 0.2) is 24.3 Å². The summed E-state index contributed by atoms with van der Waals surface area (Å²) >= 11 is 0. The van der Waals surface area contributed by atoms with Gasteiger partial charge >= 0.3 is 0 Å². The summed E-state index contributed by atoms with van der Waals surface area (Å²) in [7, 11) is 1.79. The lowest BCUT2D eigenvalue weighted by molar-refractivity contribution is 0.179. The molecule has 2 rings (SSSR count). The van der Waals surface area contributed by atoms with Gasteiger partial charge in [-0.05, 0) is 18.2 Å². The number of hydrogen-bond donors (Lipinski definition) is 2. The van der Waals surface area contributed by atoms with E-state index in [1.165, 1.54) is 6.07 Å². The summed E-state index contributed by atoms with van der Waals surface area (Å²) in [4.78, 5) is 0. The molecule has 0 bridgehead atoms. The van der Waals surface area contributed by atoms with Gasteiger partial charge in [-0.25, -0.2) is 4.39 Å². The van der Waals surface area contributed by atoms with Crippen molar-refractivity contribution in [1.82, 2.24) is 4.57 Å². The smallest absolute Gasteiger partial charge is 0.132 e. The lowest BCUT2D eigenvalue weighted by atomic mass is 10.2. The lowest BCUT2D eigenvalue weighted by Gasteiger charge is -2.08. The van der Waals surface area contributed by atoms with Crippen molar-refractivity contribution in [3.05, 3.63) is 35.8 Å². The molecule has 0 radical (unpaired) electrons. The van der Waals surface area contributed by atoms with E-state index < -0.39 is 6.10 Å². The molecular formula is C11H13FN2O. The zero-order valence-corrected chi connectivity index (χ0v) is 8.44. The topological polar surface area (TPSA) is 51.2 Å².